The van der Waals surface area contributed by atoms with Crippen LogP contribution in [0.1, 0.15) is 0 Å². The third-order valence-electron chi connectivity index (χ3n) is 11.8. The first-order valence-corrected chi connectivity index (χ1v) is 20.0. The van der Waals surface area contributed by atoms with E-state index in [1.54, 1.807) is 0 Å². The van der Waals surface area contributed by atoms with Crippen molar-refractivity contribution in [3.8, 4) is 51.0 Å². The summed E-state index contributed by atoms with van der Waals surface area (Å²) in [5.74, 6) is 1.95. The highest BCUT2D eigenvalue weighted by Gasteiger charge is 2.19. The average Bonchev–Trinajstić information content (AvgIpc) is 3.65. The van der Waals surface area contributed by atoms with Gasteiger partial charge in [0, 0.05) is 38.5 Å². The van der Waals surface area contributed by atoms with Crippen LogP contribution in [0.25, 0.3) is 116 Å². The van der Waals surface area contributed by atoms with Crippen LogP contribution >= 0.6 is 0 Å². The molecule has 0 N–H and O–H groups in total. The lowest BCUT2D eigenvalue weighted by molar-refractivity contribution is 1.08. The van der Waals surface area contributed by atoms with Gasteiger partial charge in [-0.25, -0.2) is 15.0 Å². The summed E-state index contributed by atoms with van der Waals surface area (Å²) in [6.07, 6.45) is 0. The monoisotopic (exact) mass is 750 g/mol. The lowest BCUT2D eigenvalue weighted by atomic mass is 9.89. The highest BCUT2D eigenvalue weighted by molar-refractivity contribution is 6.28. The summed E-state index contributed by atoms with van der Waals surface area (Å²) in [4.78, 5) is 15.3. The molecule has 0 aliphatic rings. The SMILES string of the molecule is c1ccc(-c2nc(-c3ccccc3)nc(-c3cccc4c5ccccc5c5cc(-c6ccc7c8ccccc8n(-c8ccc9ccccc9c8)c7c6)ccc5c34)n2)cc1. The van der Waals surface area contributed by atoms with E-state index >= 15 is 0 Å². The van der Waals surface area contributed by atoms with Crippen molar-refractivity contribution in [2.75, 3.05) is 0 Å². The summed E-state index contributed by atoms with van der Waals surface area (Å²) in [6, 6.07) is 73.6. The molecule has 4 heteroatoms. The summed E-state index contributed by atoms with van der Waals surface area (Å²) >= 11 is 0. The van der Waals surface area contributed by atoms with Crippen LogP contribution in [-0.4, -0.2) is 19.5 Å². The molecule has 0 atom stereocenters. The van der Waals surface area contributed by atoms with E-state index in [0.29, 0.717) is 17.5 Å². The van der Waals surface area contributed by atoms with Crippen molar-refractivity contribution in [3.63, 3.8) is 0 Å². The van der Waals surface area contributed by atoms with E-state index in [0.717, 1.165) is 38.7 Å². The average molecular weight is 751 g/mol. The molecular formula is C55H34N4. The molecule has 0 radical (unpaired) electrons. The lowest BCUT2D eigenvalue weighted by Gasteiger charge is -2.16. The van der Waals surface area contributed by atoms with Gasteiger partial charge in [0.05, 0.1) is 11.0 Å². The van der Waals surface area contributed by atoms with Crippen LogP contribution in [0.2, 0.25) is 0 Å². The van der Waals surface area contributed by atoms with Crippen LogP contribution in [0, 0.1) is 0 Å². The summed E-state index contributed by atoms with van der Waals surface area (Å²) in [7, 11) is 0. The van der Waals surface area contributed by atoms with Crippen LogP contribution in [0.4, 0.5) is 0 Å². The van der Waals surface area contributed by atoms with Gasteiger partial charge in [-0.2, -0.15) is 0 Å². The molecule has 10 aromatic carbocycles. The zero-order valence-electron chi connectivity index (χ0n) is 31.9. The first kappa shape index (κ1) is 33.2. The van der Waals surface area contributed by atoms with Gasteiger partial charge in [0.15, 0.2) is 17.5 Å². The Bertz CT molecular complexity index is 3550. The van der Waals surface area contributed by atoms with E-state index in [-0.39, 0.29) is 0 Å². The second-order valence-electron chi connectivity index (χ2n) is 15.2. The van der Waals surface area contributed by atoms with Gasteiger partial charge in [-0.1, -0.05) is 176 Å². The zero-order chi connectivity index (χ0) is 38.9. The smallest absolute Gasteiger partial charge is 0.164 e. The first-order valence-electron chi connectivity index (χ1n) is 20.0. The first-order chi connectivity index (χ1) is 29.2. The number of fused-ring (bicyclic) bond motifs is 10. The summed E-state index contributed by atoms with van der Waals surface area (Å²) < 4.78 is 2.42. The van der Waals surface area contributed by atoms with Crippen molar-refractivity contribution >= 4 is 64.9 Å². The minimum Gasteiger partial charge on any atom is -0.309 e. The number of rotatable bonds is 5. The van der Waals surface area contributed by atoms with Gasteiger partial charge in [0.1, 0.15) is 0 Å². The topological polar surface area (TPSA) is 43.6 Å². The van der Waals surface area contributed by atoms with Gasteiger partial charge in [0.2, 0.25) is 0 Å². The van der Waals surface area contributed by atoms with Crippen LogP contribution in [-0.2, 0) is 0 Å². The summed E-state index contributed by atoms with van der Waals surface area (Å²) in [5, 5.41) is 12.0. The third-order valence-corrected chi connectivity index (χ3v) is 11.8. The van der Waals surface area contributed by atoms with Gasteiger partial charge in [-0.3, -0.25) is 0 Å². The molecule has 0 saturated heterocycles. The Balaban J connectivity index is 1.09. The van der Waals surface area contributed by atoms with E-state index in [1.165, 1.54) is 59.7 Å². The minimum absolute atomic E-state index is 0.648. The Morgan fingerprint density at radius 3 is 1.58 bits per heavy atom. The largest absolute Gasteiger partial charge is 0.309 e. The van der Waals surface area contributed by atoms with Crippen molar-refractivity contribution in [3.05, 3.63) is 206 Å². The van der Waals surface area contributed by atoms with Gasteiger partial charge >= 0.3 is 0 Å². The molecular weight excluding hydrogens is 717 g/mol. The molecule has 0 aliphatic heterocycles. The number of para-hydroxylation sites is 1. The van der Waals surface area contributed by atoms with Crippen molar-refractivity contribution in [1.82, 2.24) is 19.5 Å². The highest BCUT2D eigenvalue weighted by atomic mass is 15.0. The van der Waals surface area contributed by atoms with E-state index < -0.39 is 0 Å². The highest BCUT2D eigenvalue weighted by Crippen LogP contribution is 2.42. The second kappa shape index (κ2) is 13.3. The molecule has 0 bridgehead atoms. The van der Waals surface area contributed by atoms with Gasteiger partial charge in [0.25, 0.3) is 0 Å². The Morgan fingerprint density at radius 1 is 0.288 bits per heavy atom. The normalized spacial score (nSPS) is 11.7. The van der Waals surface area contributed by atoms with Crippen molar-refractivity contribution in [1.29, 1.82) is 0 Å². The fourth-order valence-electron chi connectivity index (χ4n) is 9.04. The summed E-state index contributed by atoms with van der Waals surface area (Å²) in [5.41, 5.74) is 8.73. The molecule has 2 heterocycles. The van der Waals surface area contributed by atoms with Crippen LogP contribution in [0.3, 0.4) is 0 Å². The molecule has 2 aromatic heterocycles. The Kier molecular flexibility index (Phi) is 7.50. The van der Waals surface area contributed by atoms with Crippen LogP contribution in [0.5, 0.6) is 0 Å². The standard InChI is InChI=1S/C55H34N4/c1-3-15-36(16-4-1)53-56-54(37-17-5-2-6-18-37)58-55(57-53)48-24-13-23-46-42-20-9-10-21-43(42)49-33-39(28-31-47(49)52(46)48)40-27-30-45-44-22-11-12-25-50(44)59(51(45)34-40)41-29-26-35-14-7-8-19-38(35)32-41/h1-34H. The Hall–Kier alpha value is -7.95. The predicted molar refractivity (Wildman–Crippen MR) is 246 cm³/mol. The molecule has 59 heavy (non-hydrogen) atoms. The van der Waals surface area contributed by atoms with Crippen molar-refractivity contribution in [2.45, 2.75) is 0 Å². The number of benzene rings is 10. The lowest BCUT2D eigenvalue weighted by Crippen LogP contribution is -2.00. The molecule has 274 valence electrons. The second-order valence-corrected chi connectivity index (χ2v) is 15.2. The molecule has 12 aromatic rings. The molecule has 0 spiro atoms. The maximum absolute atomic E-state index is 5.17. The van der Waals surface area contributed by atoms with E-state index in [2.05, 4.69) is 174 Å². The Labute approximate surface area is 340 Å². The quantitative estimate of drug-likeness (QED) is 0.165. The minimum atomic E-state index is 0.648. The van der Waals surface area contributed by atoms with E-state index in [4.69, 9.17) is 15.0 Å². The van der Waals surface area contributed by atoms with Crippen LogP contribution in [0.15, 0.2) is 206 Å². The maximum atomic E-state index is 5.17. The molecule has 0 amide bonds. The maximum Gasteiger partial charge on any atom is 0.164 e. The van der Waals surface area contributed by atoms with Crippen molar-refractivity contribution < 1.29 is 0 Å². The van der Waals surface area contributed by atoms with Crippen molar-refractivity contribution in [2.24, 2.45) is 0 Å². The predicted octanol–water partition coefficient (Wildman–Crippen LogP) is 14.2. The third kappa shape index (κ3) is 5.42. The molecule has 0 aliphatic carbocycles. The Morgan fingerprint density at radius 2 is 0.831 bits per heavy atom. The molecule has 0 saturated carbocycles. The van der Waals surface area contributed by atoms with Crippen LogP contribution < -0.4 is 0 Å². The zero-order valence-corrected chi connectivity index (χ0v) is 31.9. The fourth-order valence-corrected chi connectivity index (χ4v) is 9.04. The molecule has 0 unspecified atom stereocenters. The number of hydrogen-bond acceptors (Lipinski definition) is 3. The van der Waals surface area contributed by atoms with Gasteiger partial charge in [-0.15, -0.1) is 0 Å². The number of aromatic nitrogens is 4. The summed E-state index contributed by atoms with van der Waals surface area (Å²) in [6.45, 7) is 0. The number of hydrogen-bond donors (Lipinski definition) is 0. The van der Waals surface area contributed by atoms with Gasteiger partial charge in [-0.05, 0) is 79.2 Å². The molecule has 4 nitrogen and oxygen atoms in total. The fraction of sp³-hybridized carbons (Fsp3) is 0. The molecule has 0 fully saturated rings. The van der Waals surface area contributed by atoms with Gasteiger partial charge < -0.3 is 4.57 Å². The molecule has 12 rings (SSSR count). The van der Waals surface area contributed by atoms with E-state index in [9.17, 15) is 0 Å². The number of nitrogens with zero attached hydrogens (tertiary/aromatic N) is 4. The van der Waals surface area contributed by atoms with E-state index in [1.807, 2.05) is 36.4 Å².